The van der Waals surface area contributed by atoms with Crippen LogP contribution in [-0.4, -0.2) is 24.1 Å². The highest BCUT2D eigenvalue weighted by Crippen LogP contribution is 2.28. The van der Waals surface area contributed by atoms with Gasteiger partial charge in [0.15, 0.2) is 5.78 Å². The molecule has 2 aromatic carbocycles. The van der Waals surface area contributed by atoms with Crippen molar-refractivity contribution in [1.82, 2.24) is 0 Å². The van der Waals surface area contributed by atoms with Crippen molar-refractivity contribution in [2.24, 2.45) is 0 Å². The third kappa shape index (κ3) is 5.52. The predicted octanol–water partition coefficient (Wildman–Crippen LogP) is 4.49. The molecule has 132 valence electrons. The Balaban J connectivity index is 2.26. The molecule has 1 N–H and O–H groups in total. The van der Waals surface area contributed by atoms with Gasteiger partial charge in [-0.25, -0.2) is 0 Å². The van der Waals surface area contributed by atoms with Crippen molar-refractivity contribution in [2.75, 3.05) is 0 Å². The summed E-state index contributed by atoms with van der Waals surface area (Å²) in [4.78, 5) is 12.0. The van der Waals surface area contributed by atoms with Crippen molar-refractivity contribution in [3.05, 3.63) is 59.7 Å². The van der Waals surface area contributed by atoms with E-state index in [-0.39, 0.29) is 22.6 Å². The van der Waals surface area contributed by atoms with E-state index in [0.29, 0.717) is 0 Å². The molecule has 25 heavy (non-hydrogen) atoms. The Bertz CT molecular complexity index is 775. The maximum atomic E-state index is 12.5. The van der Waals surface area contributed by atoms with Crippen molar-refractivity contribution in [1.29, 1.82) is 0 Å². The molecule has 0 spiro atoms. The Morgan fingerprint density at radius 1 is 1.00 bits per heavy atom. The fourth-order valence-electron chi connectivity index (χ4n) is 1.95. The quantitative estimate of drug-likeness (QED) is 0.451. The second kappa shape index (κ2) is 8.18. The minimum absolute atomic E-state index is 0.0652. The van der Waals surface area contributed by atoms with E-state index in [1.165, 1.54) is 36.4 Å². The number of hydrogen-bond donors (Lipinski definition) is 1. The number of allylic oxidation sites excluding steroid dienone is 1. The molecule has 0 aliphatic rings. The number of halogens is 4. The highest BCUT2D eigenvalue weighted by Gasteiger charge is 2.12. The molecule has 0 radical (unpaired) electrons. The van der Waals surface area contributed by atoms with E-state index in [2.05, 4.69) is 9.47 Å². The molecule has 4 nitrogen and oxygen atoms in total. The van der Waals surface area contributed by atoms with Crippen molar-refractivity contribution in [2.45, 2.75) is 13.2 Å². The van der Waals surface area contributed by atoms with Crippen LogP contribution in [0, 0.1) is 0 Å². The summed E-state index contributed by atoms with van der Waals surface area (Å²) in [5, 5.41) is 9.34. The molecule has 0 aliphatic carbocycles. The summed E-state index contributed by atoms with van der Waals surface area (Å²) in [6.45, 7) is -6.30. The van der Waals surface area contributed by atoms with Crippen LogP contribution >= 0.6 is 0 Å². The van der Waals surface area contributed by atoms with Crippen LogP contribution in [0.1, 0.15) is 15.9 Å². The second-order valence-electron chi connectivity index (χ2n) is 4.70. The van der Waals surface area contributed by atoms with Crippen LogP contribution in [0.4, 0.5) is 17.6 Å². The van der Waals surface area contributed by atoms with Gasteiger partial charge < -0.3 is 14.6 Å². The number of benzene rings is 2. The van der Waals surface area contributed by atoms with E-state index in [4.69, 9.17) is 0 Å². The summed E-state index contributed by atoms with van der Waals surface area (Å²) in [7, 11) is 0. The van der Waals surface area contributed by atoms with Crippen LogP contribution in [0.5, 0.6) is 17.2 Å². The molecule has 2 rings (SSSR count). The number of phenolic OH excluding ortho intramolecular Hbond substituents is 1. The molecular weight excluding hydrogens is 344 g/mol. The van der Waals surface area contributed by atoms with Gasteiger partial charge in [-0.2, -0.15) is 17.6 Å². The van der Waals surface area contributed by atoms with Crippen LogP contribution in [0.15, 0.2) is 48.5 Å². The number of ether oxygens (including phenoxy) is 2. The fourth-order valence-corrected chi connectivity index (χ4v) is 1.95. The van der Waals surface area contributed by atoms with E-state index in [1.807, 2.05) is 0 Å². The Morgan fingerprint density at radius 3 is 2.36 bits per heavy atom. The lowest BCUT2D eigenvalue weighted by atomic mass is 10.1. The van der Waals surface area contributed by atoms with Gasteiger partial charge in [0.2, 0.25) is 0 Å². The average Bonchev–Trinajstić information content (AvgIpc) is 2.52. The SMILES string of the molecule is O=C(/C=C/c1ccc(OC(F)F)cc1OC(F)F)c1cccc(O)c1. The lowest BCUT2D eigenvalue weighted by Gasteiger charge is -2.11. The molecule has 8 heteroatoms. The van der Waals surface area contributed by atoms with Gasteiger partial charge in [0, 0.05) is 17.2 Å². The number of rotatable bonds is 7. The third-order valence-corrected chi connectivity index (χ3v) is 2.97. The Hall–Kier alpha value is -3.03. The van der Waals surface area contributed by atoms with Gasteiger partial charge in [-0.05, 0) is 36.4 Å². The molecule has 0 amide bonds. The molecule has 0 heterocycles. The van der Waals surface area contributed by atoms with Gasteiger partial charge in [0.1, 0.15) is 17.2 Å². The summed E-state index contributed by atoms with van der Waals surface area (Å²) in [6, 6.07) is 8.75. The Kier molecular flexibility index (Phi) is 5.99. The Morgan fingerprint density at radius 2 is 1.72 bits per heavy atom. The van der Waals surface area contributed by atoms with Crippen LogP contribution in [-0.2, 0) is 0 Å². The van der Waals surface area contributed by atoms with Crippen LogP contribution in [0.2, 0.25) is 0 Å². The number of carbonyl (C=O) groups excluding carboxylic acids is 1. The van der Waals surface area contributed by atoms with Crippen LogP contribution in [0.3, 0.4) is 0 Å². The maximum absolute atomic E-state index is 12.5. The van der Waals surface area contributed by atoms with Crippen LogP contribution in [0.25, 0.3) is 6.08 Å². The molecule has 0 atom stereocenters. The van der Waals surface area contributed by atoms with Crippen molar-refractivity contribution >= 4 is 11.9 Å². The minimum atomic E-state index is -3.18. The lowest BCUT2D eigenvalue weighted by molar-refractivity contribution is -0.0543. The van der Waals surface area contributed by atoms with Gasteiger partial charge in [0.25, 0.3) is 0 Å². The van der Waals surface area contributed by atoms with E-state index in [1.54, 1.807) is 0 Å². The molecule has 0 aliphatic heterocycles. The molecule has 0 saturated heterocycles. The third-order valence-electron chi connectivity index (χ3n) is 2.97. The average molecular weight is 356 g/mol. The predicted molar refractivity (Wildman–Crippen MR) is 81.2 cm³/mol. The monoisotopic (exact) mass is 356 g/mol. The van der Waals surface area contributed by atoms with Crippen molar-refractivity contribution in [3.63, 3.8) is 0 Å². The smallest absolute Gasteiger partial charge is 0.387 e. The van der Waals surface area contributed by atoms with Gasteiger partial charge in [-0.3, -0.25) is 4.79 Å². The molecular formula is C17H12F4O4. The van der Waals surface area contributed by atoms with Crippen molar-refractivity contribution < 1.29 is 36.9 Å². The molecule has 0 unspecified atom stereocenters. The largest absolute Gasteiger partial charge is 0.508 e. The molecule has 2 aromatic rings. The first-order chi connectivity index (χ1) is 11.8. The molecule has 0 aromatic heterocycles. The summed E-state index contributed by atoms with van der Waals surface area (Å²) in [6.07, 6.45) is 2.27. The zero-order valence-electron chi connectivity index (χ0n) is 12.5. The minimum Gasteiger partial charge on any atom is -0.508 e. The number of carbonyl (C=O) groups is 1. The highest BCUT2D eigenvalue weighted by atomic mass is 19.3. The van der Waals surface area contributed by atoms with E-state index in [0.717, 1.165) is 18.2 Å². The first kappa shape index (κ1) is 18.3. The topological polar surface area (TPSA) is 55.8 Å². The van der Waals surface area contributed by atoms with E-state index in [9.17, 15) is 27.5 Å². The summed E-state index contributed by atoms with van der Waals surface area (Å²) in [5.41, 5.74) is 0.251. The second-order valence-corrected chi connectivity index (χ2v) is 4.70. The van der Waals surface area contributed by atoms with Crippen LogP contribution < -0.4 is 9.47 Å². The summed E-state index contributed by atoms with van der Waals surface area (Å²) < 4.78 is 57.7. The van der Waals surface area contributed by atoms with Gasteiger partial charge >= 0.3 is 13.2 Å². The standard InChI is InChI=1S/C17H12F4O4/c18-16(19)24-13-6-4-10(15(9-13)25-17(20)21)5-7-14(23)11-2-1-3-12(22)8-11/h1-9,16-17,22H/b7-5+. The van der Waals surface area contributed by atoms with Gasteiger partial charge in [0.05, 0.1) is 0 Å². The number of alkyl halides is 4. The molecule has 0 saturated carbocycles. The Labute approximate surface area is 139 Å². The zero-order chi connectivity index (χ0) is 18.4. The van der Waals surface area contributed by atoms with E-state index < -0.39 is 24.8 Å². The van der Waals surface area contributed by atoms with Gasteiger partial charge in [-0.15, -0.1) is 0 Å². The number of ketones is 1. The zero-order valence-corrected chi connectivity index (χ0v) is 12.5. The lowest BCUT2D eigenvalue weighted by Crippen LogP contribution is -2.06. The highest BCUT2D eigenvalue weighted by molar-refractivity contribution is 6.07. The number of phenols is 1. The van der Waals surface area contributed by atoms with E-state index >= 15 is 0 Å². The number of aromatic hydroxyl groups is 1. The summed E-state index contributed by atoms with van der Waals surface area (Å²) in [5.74, 6) is -1.38. The number of hydrogen-bond acceptors (Lipinski definition) is 4. The summed E-state index contributed by atoms with van der Waals surface area (Å²) >= 11 is 0. The van der Waals surface area contributed by atoms with Crippen molar-refractivity contribution in [3.8, 4) is 17.2 Å². The molecule has 0 bridgehead atoms. The van der Waals surface area contributed by atoms with Gasteiger partial charge in [-0.1, -0.05) is 12.1 Å². The normalized spacial score (nSPS) is 11.3. The fraction of sp³-hybridized carbons (Fsp3) is 0.118. The maximum Gasteiger partial charge on any atom is 0.387 e. The first-order valence-electron chi connectivity index (χ1n) is 6.90. The first-order valence-corrected chi connectivity index (χ1v) is 6.90. The molecule has 0 fully saturated rings.